The number of hydrogen-bond acceptors (Lipinski definition) is 3. The molecule has 96 valence electrons. The van der Waals surface area contributed by atoms with Crippen molar-refractivity contribution in [1.82, 2.24) is 9.78 Å². The summed E-state index contributed by atoms with van der Waals surface area (Å²) in [4.78, 5) is 0. The van der Waals surface area contributed by atoms with Crippen molar-refractivity contribution in [2.24, 2.45) is 18.9 Å². The van der Waals surface area contributed by atoms with Crippen LogP contribution in [0.1, 0.15) is 38.8 Å². The largest absolute Gasteiger partial charge is 0.394 e. The smallest absolute Gasteiger partial charge is 0.147 e. The average Bonchev–Trinajstić information content (AvgIpc) is 2.48. The van der Waals surface area contributed by atoms with Gasteiger partial charge in [0.2, 0.25) is 0 Å². The van der Waals surface area contributed by atoms with Crippen molar-refractivity contribution in [1.29, 1.82) is 0 Å². The summed E-state index contributed by atoms with van der Waals surface area (Å²) in [6.07, 6.45) is 3.83. The van der Waals surface area contributed by atoms with Crippen molar-refractivity contribution in [2.75, 3.05) is 11.1 Å². The molecule has 1 fully saturated rings. The zero-order chi connectivity index (χ0) is 12.6. The number of nitrogens with one attached hydrogen (secondary N) is 1. The molecule has 4 heteroatoms. The maximum Gasteiger partial charge on any atom is 0.147 e. The lowest BCUT2D eigenvalue weighted by Gasteiger charge is -2.33. The van der Waals surface area contributed by atoms with Crippen LogP contribution in [0.5, 0.6) is 0 Å². The third-order valence-corrected chi connectivity index (χ3v) is 4.02. The lowest BCUT2D eigenvalue weighted by Crippen LogP contribution is -2.33. The number of aromatic nitrogens is 2. The van der Waals surface area contributed by atoms with Gasteiger partial charge in [0, 0.05) is 13.1 Å². The van der Waals surface area contributed by atoms with Crippen LogP contribution in [0.3, 0.4) is 0 Å². The maximum atomic E-state index is 6.05. The second-order valence-corrected chi connectivity index (χ2v) is 5.62. The van der Waals surface area contributed by atoms with Crippen LogP contribution in [0.15, 0.2) is 0 Å². The summed E-state index contributed by atoms with van der Waals surface area (Å²) in [5, 5.41) is 7.93. The fraction of sp³-hybridized carbons (Fsp3) is 0.769. The first-order valence-electron chi connectivity index (χ1n) is 6.54. The van der Waals surface area contributed by atoms with E-state index in [-0.39, 0.29) is 0 Å². The Morgan fingerprint density at radius 1 is 1.35 bits per heavy atom. The number of nitrogen functional groups attached to an aromatic ring is 1. The van der Waals surface area contributed by atoms with Gasteiger partial charge in [0.15, 0.2) is 0 Å². The number of nitrogens with zero attached hydrogens (tertiary/aromatic N) is 2. The Labute approximate surface area is 104 Å². The Kier molecular flexibility index (Phi) is 3.31. The van der Waals surface area contributed by atoms with E-state index in [2.05, 4.69) is 24.3 Å². The van der Waals surface area contributed by atoms with Gasteiger partial charge < -0.3 is 11.1 Å². The molecule has 2 rings (SSSR count). The summed E-state index contributed by atoms with van der Waals surface area (Å²) < 4.78 is 1.86. The molecule has 0 saturated heterocycles. The Morgan fingerprint density at radius 2 is 2.06 bits per heavy atom. The fourth-order valence-corrected chi connectivity index (χ4v) is 2.90. The van der Waals surface area contributed by atoms with Crippen molar-refractivity contribution in [3.63, 3.8) is 0 Å². The predicted molar refractivity (Wildman–Crippen MR) is 71.9 cm³/mol. The lowest BCUT2D eigenvalue weighted by atomic mass is 9.80. The minimum absolute atomic E-state index is 0.531. The van der Waals surface area contributed by atoms with E-state index in [0.29, 0.717) is 12.0 Å². The van der Waals surface area contributed by atoms with Gasteiger partial charge in [-0.3, -0.25) is 4.68 Å². The first-order valence-corrected chi connectivity index (χ1v) is 6.54. The molecule has 1 heterocycles. The molecule has 17 heavy (non-hydrogen) atoms. The predicted octanol–water partition coefficient (Wildman–Crippen LogP) is 2.55. The van der Waals surface area contributed by atoms with E-state index in [1.54, 1.807) is 0 Å². The standard InChI is InChI=1S/C13H24N4/c1-8-5-6-11(9(2)7-8)15-13-12(14)10(3)16-17(13)4/h8-9,11,15H,5-7,14H2,1-4H3. The molecule has 3 atom stereocenters. The van der Waals surface area contributed by atoms with Gasteiger partial charge in [-0.25, -0.2) is 0 Å². The Morgan fingerprint density at radius 3 is 2.59 bits per heavy atom. The van der Waals surface area contributed by atoms with Gasteiger partial charge in [0.05, 0.1) is 11.4 Å². The molecule has 0 aromatic carbocycles. The maximum absolute atomic E-state index is 6.05. The highest BCUT2D eigenvalue weighted by atomic mass is 15.3. The molecule has 0 bridgehead atoms. The van der Waals surface area contributed by atoms with E-state index >= 15 is 0 Å². The van der Waals surface area contributed by atoms with Crippen LogP contribution in [-0.2, 0) is 7.05 Å². The average molecular weight is 236 g/mol. The van der Waals surface area contributed by atoms with Crippen LogP contribution in [-0.4, -0.2) is 15.8 Å². The van der Waals surface area contributed by atoms with Gasteiger partial charge >= 0.3 is 0 Å². The number of aryl methyl sites for hydroxylation is 2. The van der Waals surface area contributed by atoms with Gasteiger partial charge in [-0.15, -0.1) is 0 Å². The molecule has 4 nitrogen and oxygen atoms in total. The third kappa shape index (κ3) is 2.40. The molecular formula is C13H24N4. The topological polar surface area (TPSA) is 55.9 Å². The molecular weight excluding hydrogens is 212 g/mol. The van der Waals surface area contributed by atoms with Crippen molar-refractivity contribution in [3.05, 3.63) is 5.69 Å². The fourth-order valence-electron chi connectivity index (χ4n) is 2.90. The summed E-state index contributed by atoms with van der Waals surface area (Å²) >= 11 is 0. The van der Waals surface area contributed by atoms with Crippen molar-refractivity contribution in [3.8, 4) is 0 Å². The molecule has 3 N–H and O–H groups in total. The Balaban J connectivity index is 2.10. The summed E-state index contributed by atoms with van der Waals surface area (Å²) in [5.41, 5.74) is 7.75. The molecule has 1 saturated carbocycles. The highest BCUT2D eigenvalue weighted by molar-refractivity contribution is 5.65. The van der Waals surface area contributed by atoms with E-state index in [4.69, 9.17) is 5.73 Å². The van der Waals surface area contributed by atoms with Crippen LogP contribution < -0.4 is 11.1 Å². The SMILES string of the molecule is Cc1nn(C)c(NC2CCC(C)CC2C)c1N. The minimum atomic E-state index is 0.531. The van der Waals surface area contributed by atoms with E-state index in [9.17, 15) is 0 Å². The van der Waals surface area contributed by atoms with Crippen molar-refractivity contribution >= 4 is 11.5 Å². The van der Waals surface area contributed by atoms with E-state index in [1.807, 2.05) is 18.7 Å². The molecule has 1 aliphatic carbocycles. The third-order valence-electron chi connectivity index (χ3n) is 4.02. The van der Waals surface area contributed by atoms with E-state index in [1.165, 1.54) is 19.3 Å². The van der Waals surface area contributed by atoms with Crippen LogP contribution in [0, 0.1) is 18.8 Å². The van der Waals surface area contributed by atoms with Crippen molar-refractivity contribution < 1.29 is 0 Å². The number of rotatable bonds is 2. The molecule has 0 aliphatic heterocycles. The Hall–Kier alpha value is -1.19. The molecule has 3 unspecified atom stereocenters. The van der Waals surface area contributed by atoms with Gasteiger partial charge in [-0.2, -0.15) is 5.10 Å². The monoisotopic (exact) mass is 236 g/mol. The van der Waals surface area contributed by atoms with Crippen LogP contribution in [0.2, 0.25) is 0 Å². The van der Waals surface area contributed by atoms with Gasteiger partial charge in [-0.1, -0.05) is 13.8 Å². The second-order valence-electron chi connectivity index (χ2n) is 5.62. The minimum Gasteiger partial charge on any atom is -0.394 e. The lowest BCUT2D eigenvalue weighted by molar-refractivity contribution is 0.276. The first-order chi connectivity index (χ1) is 7.99. The number of nitrogens with two attached hydrogens (primary N) is 1. The van der Waals surface area contributed by atoms with Crippen LogP contribution in [0.4, 0.5) is 11.5 Å². The summed E-state index contributed by atoms with van der Waals surface area (Å²) in [6.45, 7) is 6.62. The highest BCUT2D eigenvalue weighted by Gasteiger charge is 2.26. The Bertz CT molecular complexity index is 396. The molecule has 0 amide bonds. The zero-order valence-electron chi connectivity index (χ0n) is 11.3. The van der Waals surface area contributed by atoms with Gasteiger partial charge in [0.25, 0.3) is 0 Å². The van der Waals surface area contributed by atoms with E-state index in [0.717, 1.165) is 23.1 Å². The number of hydrogen-bond donors (Lipinski definition) is 2. The van der Waals surface area contributed by atoms with Crippen LogP contribution in [0.25, 0.3) is 0 Å². The van der Waals surface area contributed by atoms with Gasteiger partial charge in [0.1, 0.15) is 5.82 Å². The molecule has 0 radical (unpaired) electrons. The quantitative estimate of drug-likeness (QED) is 0.829. The zero-order valence-corrected chi connectivity index (χ0v) is 11.3. The van der Waals surface area contributed by atoms with Gasteiger partial charge in [-0.05, 0) is 38.0 Å². The summed E-state index contributed by atoms with van der Waals surface area (Å²) in [6, 6.07) is 0.531. The normalized spacial score (nSPS) is 29.3. The summed E-state index contributed by atoms with van der Waals surface area (Å²) in [5.74, 6) is 2.54. The highest BCUT2D eigenvalue weighted by Crippen LogP contribution is 2.32. The molecule has 1 aliphatic rings. The first kappa shape index (κ1) is 12.3. The number of anilines is 2. The molecule has 0 spiro atoms. The van der Waals surface area contributed by atoms with E-state index < -0.39 is 0 Å². The van der Waals surface area contributed by atoms with Crippen molar-refractivity contribution in [2.45, 2.75) is 46.1 Å². The van der Waals surface area contributed by atoms with Crippen LogP contribution >= 0.6 is 0 Å². The molecule has 1 aromatic rings. The summed E-state index contributed by atoms with van der Waals surface area (Å²) in [7, 11) is 1.95. The second kappa shape index (κ2) is 4.59. The molecule has 1 aromatic heterocycles.